The SMILES string of the molecule is Cc1n[nH]c(C)c1C1CCCCCN1C(=O)Nc1cnc(-c2ccccc2)nc1. The number of aryl methyl sites for hydroxylation is 2. The van der Waals surface area contributed by atoms with Gasteiger partial charge in [-0.2, -0.15) is 5.10 Å². The van der Waals surface area contributed by atoms with Crippen LogP contribution in [0.2, 0.25) is 0 Å². The molecular formula is C22H26N6O. The Hall–Kier alpha value is -3.22. The number of rotatable bonds is 3. The van der Waals surface area contributed by atoms with Crippen LogP contribution < -0.4 is 5.32 Å². The molecule has 1 fully saturated rings. The summed E-state index contributed by atoms with van der Waals surface area (Å²) in [5.41, 5.74) is 4.67. The summed E-state index contributed by atoms with van der Waals surface area (Å²) in [6, 6.07) is 9.70. The smallest absolute Gasteiger partial charge is 0.317 e. The molecule has 1 saturated heterocycles. The second-order valence-corrected chi connectivity index (χ2v) is 7.50. The van der Waals surface area contributed by atoms with Gasteiger partial charge in [-0.1, -0.05) is 43.2 Å². The average Bonchev–Trinajstić information content (AvgIpc) is 2.93. The van der Waals surface area contributed by atoms with Gasteiger partial charge >= 0.3 is 6.03 Å². The summed E-state index contributed by atoms with van der Waals surface area (Å²) in [5, 5.41) is 10.4. The quantitative estimate of drug-likeness (QED) is 0.682. The maximum Gasteiger partial charge on any atom is 0.322 e. The van der Waals surface area contributed by atoms with Crippen molar-refractivity contribution >= 4 is 11.7 Å². The van der Waals surface area contributed by atoms with Gasteiger partial charge in [0.15, 0.2) is 5.82 Å². The number of urea groups is 1. The molecule has 7 nitrogen and oxygen atoms in total. The van der Waals surface area contributed by atoms with Crippen LogP contribution in [0.4, 0.5) is 10.5 Å². The van der Waals surface area contributed by atoms with E-state index in [0.717, 1.165) is 54.7 Å². The molecule has 3 aromatic rings. The van der Waals surface area contributed by atoms with E-state index in [0.29, 0.717) is 11.5 Å². The van der Waals surface area contributed by atoms with Crippen molar-refractivity contribution in [2.45, 2.75) is 45.6 Å². The number of anilines is 1. The number of nitrogens with one attached hydrogen (secondary N) is 2. The van der Waals surface area contributed by atoms with Crippen molar-refractivity contribution < 1.29 is 4.79 Å². The first-order valence-corrected chi connectivity index (χ1v) is 10.1. The molecule has 7 heteroatoms. The Kier molecular flexibility index (Phi) is 5.55. The molecule has 1 aliphatic rings. The molecular weight excluding hydrogens is 364 g/mol. The van der Waals surface area contributed by atoms with Gasteiger partial charge in [-0.25, -0.2) is 14.8 Å². The topological polar surface area (TPSA) is 86.8 Å². The number of benzene rings is 1. The van der Waals surface area contributed by atoms with Crippen molar-refractivity contribution in [3.8, 4) is 11.4 Å². The third-order valence-corrected chi connectivity index (χ3v) is 5.47. The van der Waals surface area contributed by atoms with Crippen LogP contribution in [0.5, 0.6) is 0 Å². The zero-order chi connectivity index (χ0) is 20.2. The lowest BCUT2D eigenvalue weighted by Gasteiger charge is -2.30. The van der Waals surface area contributed by atoms with E-state index in [1.165, 1.54) is 0 Å². The molecule has 1 unspecified atom stereocenters. The van der Waals surface area contributed by atoms with Gasteiger partial charge < -0.3 is 10.2 Å². The number of likely N-dealkylation sites (tertiary alicyclic amines) is 1. The van der Waals surface area contributed by atoms with E-state index in [9.17, 15) is 4.79 Å². The predicted molar refractivity (Wildman–Crippen MR) is 112 cm³/mol. The summed E-state index contributed by atoms with van der Waals surface area (Å²) in [5.74, 6) is 0.640. The van der Waals surface area contributed by atoms with Gasteiger partial charge in [0, 0.05) is 23.4 Å². The molecule has 1 atom stereocenters. The number of carbonyl (C=O) groups is 1. The number of aromatic amines is 1. The molecule has 2 aromatic heterocycles. The van der Waals surface area contributed by atoms with Crippen LogP contribution in [0.15, 0.2) is 42.7 Å². The summed E-state index contributed by atoms with van der Waals surface area (Å²) < 4.78 is 0. The first-order chi connectivity index (χ1) is 14.1. The maximum absolute atomic E-state index is 13.1. The minimum absolute atomic E-state index is 0.0285. The highest BCUT2D eigenvalue weighted by atomic mass is 16.2. The van der Waals surface area contributed by atoms with Crippen LogP contribution in [-0.2, 0) is 0 Å². The Balaban J connectivity index is 1.53. The predicted octanol–water partition coefficient (Wildman–Crippen LogP) is 4.63. The molecule has 1 aromatic carbocycles. The number of H-pyrrole nitrogens is 1. The third kappa shape index (κ3) is 4.13. The summed E-state index contributed by atoms with van der Waals surface area (Å²) >= 11 is 0. The highest BCUT2D eigenvalue weighted by Crippen LogP contribution is 2.33. The van der Waals surface area contributed by atoms with Gasteiger partial charge in [0.1, 0.15) is 0 Å². The van der Waals surface area contributed by atoms with E-state index < -0.39 is 0 Å². The van der Waals surface area contributed by atoms with Crippen molar-refractivity contribution in [2.75, 3.05) is 11.9 Å². The maximum atomic E-state index is 13.1. The lowest BCUT2D eigenvalue weighted by Crippen LogP contribution is -2.38. The van der Waals surface area contributed by atoms with Gasteiger partial charge in [-0.3, -0.25) is 5.10 Å². The van der Waals surface area contributed by atoms with E-state index >= 15 is 0 Å². The van der Waals surface area contributed by atoms with E-state index in [-0.39, 0.29) is 12.1 Å². The Labute approximate surface area is 170 Å². The summed E-state index contributed by atoms with van der Waals surface area (Å²) in [6.45, 7) is 4.74. The number of amides is 2. The van der Waals surface area contributed by atoms with Crippen molar-refractivity contribution in [2.24, 2.45) is 0 Å². The number of hydrogen-bond acceptors (Lipinski definition) is 4. The molecule has 0 spiro atoms. The Morgan fingerprint density at radius 3 is 2.55 bits per heavy atom. The zero-order valence-corrected chi connectivity index (χ0v) is 16.9. The van der Waals surface area contributed by atoms with Gasteiger partial charge in [0.2, 0.25) is 0 Å². The van der Waals surface area contributed by atoms with E-state index in [4.69, 9.17) is 0 Å². The monoisotopic (exact) mass is 390 g/mol. The molecule has 3 heterocycles. The molecule has 4 rings (SSSR count). The number of nitrogens with zero attached hydrogens (tertiary/aromatic N) is 4. The number of aromatic nitrogens is 4. The van der Waals surface area contributed by atoms with Crippen LogP contribution in [-0.4, -0.2) is 37.6 Å². The van der Waals surface area contributed by atoms with Gasteiger partial charge in [-0.15, -0.1) is 0 Å². The van der Waals surface area contributed by atoms with E-state index in [1.54, 1.807) is 12.4 Å². The molecule has 0 aliphatic carbocycles. The molecule has 2 N–H and O–H groups in total. The van der Waals surface area contributed by atoms with Crippen molar-refractivity contribution in [1.82, 2.24) is 25.1 Å². The Morgan fingerprint density at radius 2 is 1.86 bits per heavy atom. The second kappa shape index (κ2) is 8.43. The van der Waals surface area contributed by atoms with Crippen LogP contribution >= 0.6 is 0 Å². The highest BCUT2D eigenvalue weighted by Gasteiger charge is 2.30. The zero-order valence-electron chi connectivity index (χ0n) is 16.9. The number of carbonyl (C=O) groups excluding carboxylic acids is 1. The second-order valence-electron chi connectivity index (χ2n) is 7.50. The summed E-state index contributed by atoms with van der Waals surface area (Å²) in [4.78, 5) is 23.9. The summed E-state index contributed by atoms with van der Waals surface area (Å²) in [7, 11) is 0. The largest absolute Gasteiger partial charge is 0.322 e. The first kappa shape index (κ1) is 19.1. The lowest BCUT2D eigenvalue weighted by molar-refractivity contribution is 0.189. The average molecular weight is 390 g/mol. The van der Waals surface area contributed by atoms with Crippen molar-refractivity contribution in [1.29, 1.82) is 0 Å². The Bertz CT molecular complexity index is 947. The normalized spacial score (nSPS) is 17.0. The van der Waals surface area contributed by atoms with Crippen LogP contribution in [0, 0.1) is 13.8 Å². The molecule has 0 radical (unpaired) electrons. The third-order valence-electron chi connectivity index (χ3n) is 5.47. The fourth-order valence-corrected chi connectivity index (χ4v) is 4.03. The highest BCUT2D eigenvalue weighted by molar-refractivity contribution is 5.89. The number of hydrogen-bond donors (Lipinski definition) is 2. The van der Waals surface area contributed by atoms with Crippen LogP contribution in [0.3, 0.4) is 0 Å². The van der Waals surface area contributed by atoms with Crippen molar-refractivity contribution in [3.63, 3.8) is 0 Å². The minimum Gasteiger partial charge on any atom is -0.317 e. The van der Waals surface area contributed by atoms with Crippen LogP contribution in [0.25, 0.3) is 11.4 Å². The van der Waals surface area contributed by atoms with Gasteiger partial charge in [0.25, 0.3) is 0 Å². The van der Waals surface area contributed by atoms with Gasteiger partial charge in [0.05, 0.1) is 29.8 Å². The van der Waals surface area contributed by atoms with E-state index in [1.807, 2.05) is 49.1 Å². The fraction of sp³-hybridized carbons (Fsp3) is 0.364. The Morgan fingerprint density at radius 1 is 1.10 bits per heavy atom. The van der Waals surface area contributed by atoms with E-state index in [2.05, 4.69) is 25.5 Å². The van der Waals surface area contributed by atoms with Crippen LogP contribution in [0.1, 0.15) is 48.7 Å². The molecule has 0 bridgehead atoms. The van der Waals surface area contributed by atoms with Gasteiger partial charge in [-0.05, 0) is 26.7 Å². The minimum atomic E-state index is -0.118. The standard InChI is InChI=1S/C22H26N6O/c1-15-20(16(2)27-26-15)19-11-7-4-8-12-28(19)22(29)25-18-13-23-21(24-14-18)17-9-5-3-6-10-17/h3,5-6,9-10,13-14,19H,4,7-8,11-12H2,1-2H3,(H,25,29)(H,26,27). The lowest BCUT2D eigenvalue weighted by atomic mass is 9.99. The van der Waals surface area contributed by atoms with Crippen molar-refractivity contribution in [3.05, 3.63) is 59.7 Å². The first-order valence-electron chi connectivity index (χ1n) is 10.1. The molecule has 1 aliphatic heterocycles. The molecule has 29 heavy (non-hydrogen) atoms. The fourth-order valence-electron chi connectivity index (χ4n) is 4.03. The molecule has 150 valence electrons. The molecule has 0 saturated carbocycles. The molecule has 2 amide bonds. The summed E-state index contributed by atoms with van der Waals surface area (Å²) in [6.07, 6.45) is 7.50.